The van der Waals surface area contributed by atoms with E-state index in [1.807, 2.05) is 30.3 Å². The summed E-state index contributed by atoms with van der Waals surface area (Å²) < 4.78 is 6.02. The highest BCUT2D eigenvalue weighted by Gasteiger charge is 2.31. The normalized spacial score (nSPS) is 13.5. The van der Waals surface area contributed by atoms with Gasteiger partial charge in [0.1, 0.15) is 12.4 Å². The molecule has 1 aliphatic rings. The molecule has 1 aliphatic carbocycles. The number of para-hydroxylation sites is 1. The van der Waals surface area contributed by atoms with Gasteiger partial charge in [-0.2, -0.15) is 0 Å². The third-order valence-corrected chi connectivity index (χ3v) is 4.51. The van der Waals surface area contributed by atoms with Crippen LogP contribution in [-0.2, 0) is 6.61 Å². The molecule has 4 rings (SSSR count). The Labute approximate surface area is 149 Å². The summed E-state index contributed by atoms with van der Waals surface area (Å²) in [6.07, 6.45) is 2.45. The van der Waals surface area contributed by atoms with Crippen LogP contribution in [0.5, 0.6) is 5.75 Å². The van der Waals surface area contributed by atoms with Crippen LogP contribution in [0.4, 0.5) is 11.4 Å². The fraction of sp³-hybridized carbons (Fsp3) is 0.174. The third-order valence-electron chi connectivity index (χ3n) is 4.51. The van der Waals surface area contributed by atoms with Gasteiger partial charge in [-0.3, -0.25) is 0 Å². The summed E-state index contributed by atoms with van der Waals surface area (Å²) in [4.78, 5) is 2.40. The first-order valence-corrected chi connectivity index (χ1v) is 8.78. The number of anilines is 2. The Morgan fingerprint density at radius 3 is 2.24 bits per heavy atom. The molecule has 25 heavy (non-hydrogen) atoms. The summed E-state index contributed by atoms with van der Waals surface area (Å²) in [6, 6.07) is 27.5. The predicted octanol–water partition coefficient (Wildman–Crippen LogP) is 5.75. The van der Waals surface area contributed by atoms with Crippen molar-refractivity contribution >= 4 is 11.4 Å². The Kier molecular flexibility index (Phi) is 4.43. The third kappa shape index (κ3) is 3.69. The van der Waals surface area contributed by atoms with Gasteiger partial charge in [-0.15, -0.1) is 0 Å². The van der Waals surface area contributed by atoms with E-state index in [0.717, 1.165) is 17.0 Å². The van der Waals surface area contributed by atoms with Gasteiger partial charge in [0.25, 0.3) is 0 Å². The monoisotopic (exact) mass is 328 g/mol. The molecular weight excluding hydrogens is 306 g/mol. The lowest BCUT2D eigenvalue weighted by atomic mass is 10.1. The molecule has 125 valence electrons. The molecule has 3 aromatic rings. The molecule has 0 aromatic heterocycles. The van der Waals surface area contributed by atoms with E-state index in [4.69, 9.17) is 4.74 Å². The summed E-state index contributed by atoms with van der Waals surface area (Å²) in [5.74, 6) is 0.882. The van der Waals surface area contributed by atoms with Crippen LogP contribution in [0.15, 0.2) is 78.9 Å². The van der Waals surface area contributed by atoms with Crippen molar-refractivity contribution in [2.45, 2.75) is 25.5 Å². The average molecular weight is 328 g/mol. The standard InChI is InChI=1S/C23H22NO/c1-18-12-15-22(25-17-19-8-4-2-5-9-19)16-23(18)24(21-13-14-21)20-10-6-3-7-11-20/h2-12,15-16,21H,1,13-14,17H2. The Balaban J connectivity index is 1.60. The predicted molar refractivity (Wildman–Crippen MR) is 103 cm³/mol. The summed E-state index contributed by atoms with van der Waals surface area (Å²) in [5, 5.41) is 0. The molecule has 3 aromatic carbocycles. The topological polar surface area (TPSA) is 12.5 Å². The molecule has 1 saturated carbocycles. The molecule has 0 unspecified atom stereocenters. The van der Waals surface area contributed by atoms with Gasteiger partial charge in [0.15, 0.2) is 0 Å². The second-order valence-corrected chi connectivity index (χ2v) is 6.50. The van der Waals surface area contributed by atoms with Crippen LogP contribution in [0.1, 0.15) is 24.0 Å². The Hall–Kier alpha value is -2.74. The Morgan fingerprint density at radius 2 is 1.56 bits per heavy atom. The van der Waals surface area contributed by atoms with Crippen molar-refractivity contribution in [3.63, 3.8) is 0 Å². The number of rotatable bonds is 6. The molecule has 0 bridgehead atoms. The van der Waals surface area contributed by atoms with Gasteiger partial charge in [0, 0.05) is 23.5 Å². The fourth-order valence-electron chi connectivity index (χ4n) is 3.07. The van der Waals surface area contributed by atoms with Gasteiger partial charge >= 0.3 is 0 Å². The average Bonchev–Trinajstić information content (AvgIpc) is 3.49. The van der Waals surface area contributed by atoms with Crippen molar-refractivity contribution < 1.29 is 4.74 Å². The van der Waals surface area contributed by atoms with Crippen molar-refractivity contribution in [2.24, 2.45) is 0 Å². The number of hydrogen-bond acceptors (Lipinski definition) is 2. The van der Waals surface area contributed by atoms with E-state index in [-0.39, 0.29) is 0 Å². The highest BCUT2D eigenvalue weighted by atomic mass is 16.5. The van der Waals surface area contributed by atoms with Gasteiger partial charge in [-0.1, -0.05) is 54.6 Å². The smallest absolute Gasteiger partial charge is 0.121 e. The second kappa shape index (κ2) is 7.02. The second-order valence-electron chi connectivity index (χ2n) is 6.50. The van der Waals surface area contributed by atoms with E-state index >= 15 is 0 Å². The largest absolute Gasteiger partial charge is 0.489 e. The van der Waals surface area contributed by atoms with Crippen molar-refractivity contribution in [1.29, 1.82) is 0 Å². The molecule has 1 radical (unpaired) electrons. The number of ether oxygens (including phenoxy) is 1. The van der Waals surface area contributed by atoms with E-state index < -0.39 is 0 Å². The lowest BCUT2D eigenvalue weighted by molar-refractivity contribution is 0.306. The van der Waals surface area contributed by atoms with Gasteiger partial charge < -0.3 is 9.64 Å². The molecule has 0 amide bonds. The maximum Gasteiger partial charge on any atom is 0.121 e. The van der Waals surface area contributed by atoms with Gasteiger partial charge in [-0.05, 0) is 49.1 Å². The van der Waals surface area contributed by atoms with Crippen LogP contribution >= 0.6 is 0 Å². The summed E-state index contributed by atoms with van der Waals surface area (Å²) in [7, 11) is 0. The van der Waals surface area contributed by atoms with E-state index in [1.165, 1.54) is 24.1 Å². The molecule has 0 spiro atoms. The zero-order chi connectivity index (χ0) is 17.1. The van der Waals surface area contributed by atoms with Crippen LogP contribution in [-0.4, -0.2) is 6.04 Å². The zero-order valence-electron chi connectivity index (χ0n) is 14.3. The maximum absolute atomic E-state index is 6.02. The van der Waals surface area contributed by atoms with Crippen molar-refractivity contribution in [2.75, 3.05) is 4.90 Å². The Bertz CT molecular complexity index is 825. The van der Waals surface area contributed by atoms with Crippen molar-refractivity contribution in [3.05, 3.63) is 96.9 Å². The molecule has 0 atom stereocenters. The maximum atomic E-state index is 6.02. The van der Waals surface area contributed by atoms with E-state index in [0.29, 0.717) is 12.6 Å². The summed E-state index contributed by atoms with van der Waals surface area (Å²) in [5.41, 5.74) is 4.56. The molecule has 0 aliphatic heterocycles. The number of nitrogens with zero attached hydrogens (tertiary/aromatic N) is 1. The molecule has 0 heterocycles. The molecule has 0 N–H and O–H groups in total. The van der Waals surface area contributed by atoms with Crippen LogP contribution in [0.2, 0.25) is 0 Å². The van der Waals surface area contributed by atoms with Crippen LogP contribution in [0.25, 0.3) is 0 Å². The number of benzene rings is 3. The molecular formula is C23H22NO. The summed E-state index contributed by atoms with van der Waals surface area (Å²) in [6.45, 7) is 4.81. The van der Waals surface area contributed by atoms with E-state index in [2.05, 4.69) is 60.4 Å². The van der Waals surface area contributed by atoms with Gasteiger partial charge in [-0.25, -0.2) is 0 Å². The first-order valence-electron chi connectivity index (χ1n) is 8.78. The fourth-order valence-corrected chi connectivity index (χ4v) is 3.07. The number of hydrogen-bond donors (Lipinski definition) is 0. The minimum Gasteiger partial charge on any atom is -0.489 e. The van der Waals surface area contributed by atoms with Gasteiger partial charge in [0.05, 0.1) is 0 Å². The van der Waals surface area contributed by atoms with Crippen LogP contribution < -0.4 is 9.64 Å². The lowest BCUT2D eigenvalue weighted by Gasteiger charge is -2.27. The molecule has 1 fully saturated rings. The lowest BCUT2D eigenvalue weighted by Crippen LogP contribution is -2.20. The van der Waals surface area contributed by atoms with Crippen molar-refractivity contribution in [3.8, 4) is 5.75 Å². The SMILES string of the molecule is [CH2]c1ccc(OCc2ccccc2)cc1N(c1ccccc1)C1CC1. The highest BCUT2D eigenvalue weighted by molar-refractivity contribution is 5.70. The van der Waals surface area contributed by atoms with Crippen LogP contribution in [0.3, 0.4) is 0 Å². The quantitative estimate of drug-likeness (QED) is 0.571. The van der Waals surface area contributed by atoms with E-state index in [1.54, 1.807) is 0 Å². The first kappa shape index (κ1) is 15.8. The molecule has 2 nitrogen and oxygen atoms in total. The highest BCUT2D eigenvalue weighted by Crippen LogP contribution is 2.40. The first-order chi connectivity index (χ1) is 12.3. The minimum atomic E-state index is 0.562. The molecule has 2 heteroatoms. The molecule has 0 saturated heterocycles. The van der Waals surface area contributed by atoms with E-state index in [9.17, 15) is 0 Å². The Morgan fingerprint density at radius 1 is 0.880 bits per heavy atom. The van der Waals surface area contributed by atoms with Gasteiger partial charge in [0.2, 0.25) is 0 Å². The summed E-state index contributed by atoms with van der Waals surface area (Å²) >= 11 is 0. The van der Waals surface area contributed by atoms with Crippen molar-refractivity contribution in [1.82, 2.24) is 0 Å². The minimum absolute atomic E-state index is 0.562. The van der Waals surface area contributed by atoms with Crippen LogP contribution in [0, 0.1) is 6.92 Å². The zero-order valence-corrected chi connectivity index (χ0v) is 14.3.